The van der Waals surface area contributed by atoms with Gasteiger partial charge in [-0.25, -0.2) is 9.50 Å². The van der Waals surface area contributed by atoms with Crippen LogP contribution in [0.1, 0.15) is 42.6 Å². The van der Waals surface area contributed by atoms with Gasteiger partial charge in [0.2, 0.25) is 11.1 Å². The minimum Gasteiger partial charge on any atom is -0.353 e. The molecule has 1 N–H and O–H groups in total. The van der Waals surface area contributed by atoms with E-state index in [9.17, 15) is 4.79 Å². The van der Waals surface area contributed by atoms with Gasteiger partial charge in [0.1, 0.15) is 0 Å². The van der Waals surface area contributed by atoms with E-state index in [2.05, 4.69) is 20.4 Å². The van der Waals surface area contributed by atoms with Crippen LogP contribution in [-0.2, 0) is 4.79 Å². The predicted molar refractivity (Wildman–Crippen MR) is 86.1 cm³/mol. The average molecular weight is 319 g/mol. The Morgan fingerprint density at radius 3 is 2.73 bits per heavy atom. The summed E-state index contributed by atoms with van der Waals surface area (Å²) < 4.78 is 1.75. The van der Waals surface area contributed by atoms with E-state index in [0.29, 0.717) is 22.7 Å². The van der Waals surface area contributed by atoms with Crippen LogP contribution < -0.4 is 5.32 Å². The molecule has 2 aromatic rings. The van der Waals surface area contributed by atoms with Crippen molar-refractivity contribution in [1.82, 2.24) is 24.9 Å². The van der Waals surface area contributed by atoms with Gasteiger partial charge < -0.3 is 5.32 Å². The lowest BCUT2D eigenvalue weighted by molar-refractivity contribution is -0.119. The van der Waals surface area contributed by atoms with Gasteiger partial charge in [0, 0.05) is 17.4 Å². The molecule has 0 unspecified atom stereocenters. The van der Waals surface area contributed by atoms with E-state index in [-0.39, 0.29) is 5.91 Å². The summed E-state index contributed by atoms with van der Waals surface area (Å²) in [5, 5.41) is 8.12. The van der Waals surface area contributed by atoms with Gasteiger partial charge >= 0.3 is 0 Å². The first-order valence-corrected chi connectivity index (χ1v) is 8.66. The number of nitrogens with one attached hydrogen (secondary N) is 1. The number of fused-ring (bicyclic) bond motifs is 1. The molecule has 1 aliphatic rings. The summed E-state index contributed by atoms with van der Waals surface area (Å²) in [6.45, 7) is 6.01. The van der Waals surface area contributed by atoms with Crippen molar-refractivity contribution < 1.29 is 4.79 Å². The number of carbonyl (C=O) groups is 1. The number of aryl methyl sites for hydroxylation is 2. The molecular formula is C15H21N5OS. The first-order valence-electron chi connectivity index (χ1n) is 7.67. The molecule has 1 aliphatic carbocycles. The van der Waals surface area contributed by atoms with E-state index in [1.807, 2.05) is 20.8 Å². The van der Waals surface area contributed by atoms with Crippen molar-refractivity contribution in [1.29, 1.82) is 0 Å². The number of rotatable bonds is 4. The van der Waals surface area contributed by atoms with Crippen LogP contribution in [0.3, 0.4) is 0 Å². The summed E-state index contributed by atoms with van der Waals surface area (Å²) in [5.41, 5.74) is 3.12. The van der Waals surface area contributed by atoms with Crippen molar-refractivity contribution in [3.05, 3.63) is 17.0 Å². The highest BCUT2D eigenvalue weighted by Crippen LogP contribution is 2.19. The van der Waals surface area contributed by atoms with Crippen molar-refractivity contribution in [2.24, 2.45) is 0 Å². The van der Waals surface area contributed by atoms with Gasteiger partial charge in [-0.1, -0.05) is 24.6 Å². The second-order valence-corrected chi connectivity index (χ2v) is 6.79. The van der Waals surface area contributed by atoms with E-state index in [4.69, 9.17) is 0 Å². The Labute approximate surface area is 134 Å². The minimum atomic E-state index is 0.0628. The SMILES string of the molecule is Cc1nc2nc(SCC(=O)NC3CCCC3)nn2c(C)c1C. The Balaban J connectivity index is 1.66. The summed E-state index contributed by atoms with van der Waals surface area (Å²) in [6, 6.07) is 0.358. The number of nitrogens with zero attached hydrogens (tertiary/aromatic N) is 4. The predicted octanol–water partition coefficient (Wildman–Crippen LogP) is 2.20. The monoisotopic (exact) mass is 319 g/mol. The van der Waals surface area contributed by atoms with E-state index >= 15 is 0 Å². The topological polar surface area (TPSA) is 72.2 Å². The summed E-state index contributed by atoms with van der Waals surface area (Å²) >= 11 is 1.36. The molecule has 2 heterocycles. The first-order chi connectivity index (χ1) is 10.5. The molecule has 6 nitrogen and oxygen atoms in total. The van der Waals surface area contributed by atoms with E-state index in [1.54, 1.807) is 4.52 Å². The van der Waals surface area contributed by atoms with Gasteiger partial charge in [-0.05, 0) is 39.2 Å². The summed E-state index contributed by atoms with van der Waals surface area (Å²) in [5.74, 6) is 1.01. The lowest BCUT2D eigenvalue weighted by Crippen LogP contribution is -2.33. The van der Waals surface area contributed by atoms with Crippen molar-refractivity contribution in [2.75, 3.05) is 5.75 Å². The molecule has 0 atom stereocenters. The van der Waals surface area contributed by atoms with E-state index < -0.39 is 0 Å². The van der Waals surface area contributed by atoms with Gasteiger partial charge in [0.05, 0.1) is 5.75 Å². The fourth-order valence-corrected chi connectivity index (χ4v) is 3.40. The zero-order valence-corrected chi connectivity index (χ0v) is 14.0. The Morgan fingerprint density at radius 2 is 2.00 bits per heavy atom. The lowest BCUT2D eigenvalue weighted by Gasteiger charge is -2.10. The number of aromatic nitrogens is 4. The van der Waals surface area contributed by atoms with Crippen molar-refractivity contribution in [3.8, 4) is 0 Å². The van der Waals surface area contributed by atoms with Crippen LogP contribution >= 0.6 is 11.8 Å². The molecule has 1 amide bonds. The number of hydrogen-bond acceptors (Lipinski definition) is 5. The molecule has 3 rings (SSSR count). The number of amides is 1. The maximum atomic E-state index is 12.0. The quantitative estimate of drug-likeness (QED) is 0.875. The zero-order chi connectivity index (χ0) is 15.7. The molecule has 118 valence electrons. The highest BCUT2D eigenvalue weighted by atomic mass is 32.2. The largest absolute Gasteiger partial charge is 0.353 e. The van der Waals surface area contributed by atoms with Crippen molar-refractivity contribution in [3.63, 3.8) is 0 Å². The molecule has 1 saturated carbocycles. The van der Waals surface area contributed by atoms with Gasteiger partial charge in [-0.2, -0.15) is 4.98 Å². The van der Waals surface area contributed by atoms with Crippen molar-refractivity contribution in [2.45, 2.75) is 57.7 Å². The molecular weight excluding hydrogens is 298 g/mol. The highest BCUT2D eigenvalue weighted by molar-refractivity contribution is 7.99. The number of thioether (sulfide) groups is 1. The van der Waals surface area contributed by atoms with Gasteiger partial charge in [-0.15, -0.1) is 5.10 Å². The van der Waals surface area contributed by atoms with E-state index in [1.165, 1.54) is 24.6 Å². The smallest absolute Gasteiger partial charge is 0.253 e. The van der Waals surface area contributed by atoms with Crippen LogP contribution in [0.15, 0.2) is 5.16 Å². The molecule has 1 fully saturated rings. The van der Waals surface area contributed by atoms with Gasteiger partial charge in [0.15, 0.2) is 0 Å². The maximum Gasteiger partial charge on any atom is 0.253 e. The normalized spacial score (nSPS) is 15.6. The maximum absolute atomic E-state index is 12.0. The molecule has 22 heavy (non-hydrogen) atoms. The molecule has 2 aromatic heterocycles. The van der Waals surface area contributed by atoms with E-state index in [0.717, 1.165) is 29.8 Å². The summed E-state index contributed by atoms with van der Waals surface area (Å²) in [4.78, 5) is 20.8. The summed E-state index contributed by atoms with van der Waals surface area (Å²) in [7, 11) is 0. The standard InChI is InChI=1S/C15H21N5OS/c1-9-10(2)16-14-18-15(19-20(14)11(9)3)22-8-13(21)17-12-6-4-5-7-12/h12H,4-8H2,1-3H3,(H,17,21). The molecule has 7 heteroatoms. The summed E-state index contributed by atoms with van der Waals surface area (Å²) in [6.07, 6.45) is 4.64. The molecule has 0 bridgehead atoms. The Kier molecular flexibility index (Phi) is 4.33. The molecule has 0 radical (unpaired) electrons. The molecule has 0 aromatic carbocycles. The zero-order valence-electron chi connectivity index (χ0n) is 13.2. The third-order valence-electron chi connectivity index (χ3n) is 4.29. The molecule has 0 spiro atoms. The number of hydrogen-bond donors (Lipinski definition) is 1. The lowest BCUT2D eigenvalue weighted by atomic mass is 10.2. The van der Waals surface area contributed by atoms with Crippen LogP contribution in [0, 0.1) is 20.8 Å². The van der Waals surface area contributed by atoms with Gasteiger partial charge in [0.25, 0.3) is 5.78 Å². The van der Waals surface area contributed by atoms with Crippen LogP contribution in [0.5, 0.6) is 0 Å². The van der Waals surface area contributed by atoms with Gasteiger partial charge in [-0.3, -0.25) is 4.79 Å². The fraction of sp³-hybridized carbons (Fsp3) is 0.600. The Bertz CT molecular complexity index is 706. The second-order valence-electron chi connectivity index (χ2n) is 5.85. The van der Waals surface area contributed by atoms with Crippen molar-refractivity contribution >= 4 is 23.4 Å². The third-order valence-corrected chi connectivity index (χ3v) is 5.13. The Hall–Kier alpha value is -1.63. The highest BCUT2D eigenvalue weighted by Gasteiger charge is 2.18. The molecule has 0 aliphatic heterocycles. The average Bonchev–Trinajstić information content (AvgIpc) is 3.12. The third kappa shape index (κ3) is 3.09. The van der Waals surface area contributed by atoms with Crippen LogP contribution in [0.4, 0.5) is 0 Å². The fourth-order valence-electron chi connectivity index (χ4n) is 2.77. The Morgan fingerprint density at radius 1 is 1.27 bits per heavy atom. The minimum absolute atomic E-state index is 0.0628. The second kappa shape index (κ2) is 6.24. The molecule has 0 saturated heterocycles. The van der Waals surface area contributed by atoms with Crippen LogP contribution in [-0.4, -0.2) is 37.3 Å². The van der Waals surface area contributed by atoms with Crippen LogP contribution in [0.25, 0.3) is 5.78 Å². The first kappa shape index (κ1) is 15.3. The van der Waals surface area contributed by atoms with Crippen LogP contribution in [0.2, 0.25) is 0 Å². The number of carbonyl (C=O) groups excluding carboxylic acids is 1.